The summed E-state index contributed by atoms with van der Waals surface area (Å²) in [6.07, 6.45) is 3.22. The number of amides is 2. The van der Waals surface area contributed by atoms with E-state index in [0.717, 1.165) is 72.1 Å². The average molecular weight is 984 g/mol. The number of aryl methyl sites for hydroxylation is 1. The number of phenols is 1. The Kier molecular flexibility index (Phi) is 13.8. The second-order valence-corrected chi connectivity index (χ2v) is 20.4. The molecule has 0 saturated carbocycles. The molecular weight excluding hydrogens is 923 g/mol. The van der Waals surface area contributed by atoms with Crippen LogP contribution in [0.25, 0.3) is 21.7 Å². The predicted octanol–water partition coefficient (Wildman–Crippen LogP) is 6.21. The lowest BCUT2D eigenvalue weighted by Crippen LogP contribution is -2.54. The van der Waals surface area contributed by atoms with Gasteiger partial charge in [-0.25, -0.2) is 9.97 Å². The maximum absolute atomic E-state index is 14.3. The third kappa shape index (κ3) is 10.1. The molecule has 2 amide bonds. The van der Waals surface area contributed by atoms with Crippen LogP contribution >= 0.6 is 11.3 Å². The quantitative estimate of drug-likeness (QED) is 0.0746. The van der Waals surface area contributed by atoms with Gasteiger partial charge in [-0.3, -0.25) is 9.59 Å². The van der Waals surface area contributed by atoms with E-state index in [1.807, 2.05) is 93.9 Å². The standard InChI is InChI=1S/C52H61N11O7S/c1-30(2)48(52(67)62-27-39(64)20-43(62)51(66)56-31(3)34-9-11-35(12-10-34)49-32(4)55-29-71-49)45-22-46(59-70-45)61-23-33(24-61)28-68-17-18-69-47-19-36(15-16-54-47)63-37-13-14-38(63)26-60(25-37)42-21-41(57-58-50(42)53)40-7-5-6-8-44(40)65/h5-12,15-16,19,21-22,29-31,33,37-39,43,48,64-65H,13-14,17-18,20,23-28H2,1-4H3,(H2,53,58)(H,56,66)/t31-,37?,38?,39+,43-,48-/m0/s1. The van der Waals surface area contributed by atoms with Crippen molar-refractivity contribution < 1.29 is 33.8 Å². The van der Waals surface area contributed by atoms with Crippen LogP contribution in [0.5, 0.6) is 11.6 Å². The van der Waals surface area contributed by atoms with Gasteiger partial charge in [0.25, 0.3) is 0 Å². The van der Waals surface area contributed by atoms with Crippen LogP contribution < -0.4 is 30.5 Å². The van der Waals surface area contributed by atoms with Gasteiger partial charge in [-0.1, -0.05) is 55.4 Å². The summed E-state index contributed by atoms with van der Waals surface area (Å²) in [6.45, 7) is 12.2. The van der Waals surface area contributed by atoms with E-state index in [1.54, 1.807) is 29.7 Å². The zero-order valence-corrected chi connectivity index (χ0v) is 41.2. The Balaban J connectivity index is 0.674. The molecule has 0 aliphatic carbocycles. The van der Waals surface area contributed by atoms with Gasteiger partial charge < -0.3 is 54.9 Å². The van der Waals surface area contributed by atoms with Crippen LogP contribution in [0.15, 0.2) is 89.0 Å². The molecule has 2 unspecified atom stereocenters. The topological polar surface area (TPSA) is 222 Å². The number of nitrogens with zero attached hydrogens (tertiary/aromatic N) is 9. The first-order chi connectivity index (χ1) is 34.4. The molecule has 71 heavy (non-hydrogen) atoms. The van der Waals surface area contributed by atoms with Gasteiger partial charge in [0, 0.05) is 86.7 Å². The van der Waals surface area contributed by atoms with Crippen LogP contribution in [-0.4, -0.2) is 129 Å². The molecular formula is C52H61N11O7S. The van der Waals surface area contributed by atoms with E-state index in [-0.39, 0.29) is 60.5 Å². The second-order valence-electron chi connectivity index (χ2n) is 19.6. The number of nitrogens with two attached hydrogens (primary N) is 1. The number of aromatic hydroxyl groups is 1. The molecule has 4 saturated heterocycles. The number of rotatable bonds is 17. The zero-order chi connectivity index (χ0) is 49.3. The molecule has 372 valence electrons. The van der Waals surface area contributed by atoms with Gasteiger partial charge in [0.15, 0.2) is 17.4 Å². The Morgan fingerprint density at radius 2 is 1.70 bits per heavy atom. The Hall–Kier alpha value is -6.83. The monoisotopic (exact) mass is 983 g/mol. The van der Waals surface area contributed by atoms with Crippen molar-refractivity contribution in [3.8, 4) is 33.3 Å². The molecule has 19 heteroatoms. The predicted molar refractivity (Wildman–Crippen MR) is 270 cm³/mol. The number of carbonyl (C=O) groups is 2. The number of benzene rings is 2. The van der Waals surface area contributed by atoms with Gasteiger partial charge >= 0.3 is 0 Å². The number of aromatic nitrogens is 5. The molecule has 4 aliphatic rings. The number of ether oxygens (including phenoxy) is 2. The third-order valence-electron chi connectivity index (χ3n) is 14.3. The van der Waals surface area contributed by atoms with Crippen molar-refractivity contribution in [3.63, 3.8) is 0 Å². The molecule has 4 aliphatic heterocycles. The van der Waals surface area contributed by atoms with E-state index >= 15 is 0 Å². The van der Waals surface area contributed by atoms with Gasteiger partial charge in [-0.15, -0.1) is 21.5 Å². The number of phenolic OH excluding ortho intramolecular Hbond substituents is 1. The normalized spacial score (nSPS) is 20.9. The summed E-state index contributed by atoms with van der Waals surface area (Å²) in [6, 6.07) is 22.3. The molecule has 4 fully saturated rings. The third-order valence-corrected chi connectivity index (χ3v) is 15.3. The van der Waals surface area contributed by atoms with E-state index in [0.29, 0.717) is 54.4 Å². The molecule has 8 heterocycles. The summed E-state index contributed by atoms with van der Waals surface area (Å²) >= 11 is 1.59. The van der Waals surface area contributed by atoms with Gasteiger partial charge in [0.05, 0.1) is 52.8 Å². The van der Waals surface area contributed by atoms with Crippen LogP contribution in [0, 0.1) is 18.8 Å². The average Bonchev–Trinajstić information content (AvgIpc) is 4.15. The number of nitrogens with one attached hydrogen (secondary N) is 1. The van der Waals surface area contributed by atoms with E-state index in [9.17, 15) is 19.8 Å². The van der Waals surface area contributed by atoms with Crippen LogP contribution in [0.4, 0.5) is 23.0 Å². The lowest BCUT2D eigenvalue weighted by molar-refractivity contribution is -0.141. The van der Waals surface area contributed by atoms with Gasteiger partial charge in [-0.05, 0) is 68.0 Å². The fourth-order valence-corrected chi connectivity index (χ4v) is 11.4. The molecule has 4 aromatic heterocycles. The van der Waals surface area contributed by atoms with Crippen molar-refractivity contribution in [1.29, 1.82) is 0 Å². The Bertz CT molecular complexity index is 2820. The summed E-state index contributed by atoms with van der Waals surface area (Å²) in [4.78, 5) is 46.3. The molecule has 0 spiro atoms. The first-order valence-electron chi connectivity index (χ1n) is 24.5. The molecule has 6 aromatic rings. The van der Waals surface area contributed by atoms with Crippen LogP contribution in [0.3, 0.4) is 0 Å². The number of hydrogen-bond donors (Lipinski definition) is 4. The van der Waals surface area contributed by atoms with Crippen molar-refractivity contribution >= 4 is 46.2 Å². The molecule has 5 N–H and O–H groups in total. The maximum Gasteiger partial charge on any atom is 0.243 e. The molecule has 0 radical (unpaired) electrons. The molecule has 2 bridgehead atoms. The SMILES string of the molecule is Cc1ncsc1-c1ccc([C@H](C)NC(=O)[C@@H]2C[C@@H](O)CN2C(=O)[C@H](c2cc(N3CC(COCCOc4cc(N5C6CCC5CN(c5cc(-c7ccccc7O)nnc5N)C6)ccn4)C3)no2)C(C)C)cc1. The number of para-hydroxylation sites is 1. The lowest BCUT2D eigenvalue weighted by atomic mass is 9.91. The van der Waals surface area contributed by atoms with E-state index in [2.05, 4.69) is 45.3 Å². The summed E-state index contributed by atoms with van der Waals surface area (Å²) in [5.74, 6) is 1.02. The minimum absolute atomic E-state index is 0.0628. The van der Waals surface area contributed by atoms with Crippen molar-refractivity contribution in [2.45, 2.75) is 83.1 Å². The van der Waals surface area contributed by atoms with Crippen molar-refractivity contribution in [2.24, 2.45) is 11.8 Å². The number of piperazine rings is 1. The van der Waals surface area contributed by atoms with E-state index in [4.69, 9.17) is 19.7 Å². The Morgan fingerprint density at radius 1 is 0.930 bits per heavy atom. The lowest BCUT2D eigenvalue weighted by Gasteiger charge is -2.43. The Labute approximate surface area is 416 Å². The molecule has 6 atom stereocenters. The smallest absolute Gasteiger partial charge is 0.243 e. The highest BCUT2D eigenvalue weighted by Crippen LogP contribution is 2.40. The number of hydrogen-bond acceptors (Lipinski definition) is 17. The number of aliphatic hydroxyl groups excluding tert-OH is 1. The number of nitrogen functional groups attached to an aromatic ring is 1. The van der Waals surface area contributed by atoms with Crippen LogP contribution in [0.2, 0.25) is 0 Å². The summed E-state index contributed by atoms with van der Waals surface area (Å²) in [5.41, 5.74) is 14.3. The highest BCUT2D eigenvalue weighted by Gasteiger charge is 2.44. The number of thiazole rings is 1. The van der Waals surface area contributed by atoms with Crippen LogP contribution in [-0.2, 0) is 14.3 Å². The first kappa shape index (κ1) is 47.8. The Morgan fingerprint density at radius 3 is 2.44 bits per heavy atom. The minimum atomic E-state index is -0.820. The van der Waals surface area contributed by atoms with Crippen LogP contribution in [0.1, 0.15) is 69.0 Å². The maximum atomic E-state index is 14.3. The van der Waals surface area contributed by atoms with E-state index < -0.39 is 18.1 Å². The fourth-order valence-electron chi connectivity index (χ4n) is 10.6. The zero-order valence-electron chi connectivity index (χ0n) is 40.4. The number of fused-ring (bicyclic) bond motifs is 2. The first-order valence-corrected chi connectivity index (χ1v) is 25.4. The van der Waals surface area contributed by atoms with Gasteiger partial charge in [0.2, 0.25) is 17.7 Å². The molecule has 18 nitrogen and oxygen atoms in total. The highest BCUT2D eigenvalue weighted by atomic mass is 32.1. The number of anilines is 4. The number of carbonyl (C=O) groups excluding carboxylic acids is 2. The number of aliphatic hydroxyl groups is 1. The molecule has 2 aromatic carbocycles. The highest BCUT2D eigenvalue weighted by molar-refractivity contribution is 7.13. The second kappa shape index (κ2) is 20.5. The summed E-state index contributed by atoms with van der Waals surface area (Å²) in [5, 5.41) is 37.1. The fraction of sp³-hybridized carbons (Fsp3) is 0.442. The largest absolute Gasteiger partial charge is 0.507 e. The summed E-state index contributed by atoms with van der Waals surface area (Å²) < 4.78 is 17.9. The van der Waals surface area contributed by atoms with Crippen molar-refractivity contribution in [1.82, 2.24) is 35.5 Å². The van der Waals surface area contributed by atoms with Gasteiger partial charge in [0.1, 0.15) is 24.3 Å². The number of likely N-dealkylation sites (tertiary alicyclic amines) is 1. The van der Waals surface area contributed by atoms with Crippen molar-refractivity contribution in [2.75, 3.05) is 73.0 Å². The number of pyridine rings is 1. The summed E-state index contributed by atoms with van der Waals surface area (Å²) in [7, 11) is 0. The van der Waals surface area contributed by atoms with E-state index in [1.165, 1.54) is 4.90 Å². The van der Waals surface area contributed by atoms with Gasteiger partial charge in [-0.2, -0.15) is 0 Å². The molecule has 10 rings (SSSR count). The van der Waals surface area contributed by atoms with Crippen molar-refractivity contribution in [3.05, 3.63) is 102 Å². The number of β-amino-alcohol motifs (C(OH)–C–C–N with tert-alkyl or cyclic N) is 1. The minimum Gasteiger partial charge on any atom is -0.507 e.